The number of halogens is 5. The summed E-state index contributed by atoms with van der Waals surface area (Å²) in [6.07, 6.45) is -8.69. The third kappa shape index (κ3) is 2.50. The summed E-state index contributed by atoms with van der Waals surface area (Å²) in [5.74, 6) is -1.39. The molecule has 0 aliphatic carbocycles. The fraction of sp³-hybridized carbons (Fsp3) is 0.250. The van der Waals surface area contributed by atoms with Crippen LogP contribution in [-0.4, -0.2) is 9.91 Å². The summed E-state index contributed by atoms with van der Waals surface area (Å²) >= 11 is 0. The first-order valence-corrected chi connectivity index (χ1v) is 4.13. The number of nitriles is 1. The molecule has 0 saturated heterocycles. The molecule has 0 saturated carbocycles. The molecule has 1 aromatic rings. The van der Waals surface area contributed by atoms with Gasteiger partial charge < -0.3 is 10.1 Å². The first-order valence-electron chi connectivity index (χ1n) is 4.13. The lowest BCUT2D eigenvalue weighted by atomic mass is 10.1. The molecule has 0 fully saturated rings. The minimum Gasteiger partial charge on any atom is -0.358 e. The van der Waals surface area contributed by atoms with Crippen molar-refractivity contribution in [3.63, 3.8) is 0 Å². The average Bonchev–Trinajstić information content (AvgIpc) is 2.25. The second kappa shape index (κ2) is 4.52. The number of hydrogen-bond donors (Lipinski definition) is 0. The van der Waals surface area contributed by atoms with Gasteiger partial charge in [-0.3, -0.25) is 0 Å². The van der Waals surface area contributed by atoms with Gasteiger partial charge in [-0.2, -0.15) is 18.4 Å². The number of pyridine rings is 1. The fourth-order valence-corrected chi connectivity index (χ4v) is 1.14. The quantitative estimate of drug-likeness (QED) is 0.468. The van der Waals surface area contributed by atoms with Gasteiger partial charge >= 0.3 is 18.4 Å². The molecule has 0 spiro atoms. The van der Waals surface area contributed by atoms with Gasteiger partial charge in [-0.1, -0.05) is 0 Å². The smallest absolute Gasteiger partial charge is 0.358 e. The molecule has 5 nitrogen and oxygen atoms in total. The predicted molar refractivity (Wildman–Crippen MR) is 45.6 cm³/mol. The van der Waals surface area contributed by atoms with Crippen LogP contribution in [0.15, 0.2) is 6.07 Å². The lowest BCUT2D eigenvalue weighted by Gasteiger charge is -2.09. The van der Waals surface area contributed by atoms with Gasteiger partial charge in [0, 0.05) is 6.07 Å². The van der Waals surface area contributed by atoms with E-state index in [1.54, 1.807) is 0 Å². The second-order valence-corrected chi connectivity index (χ2v) is 2.96. The van der Waals surface area contributed by atoms with Crippen LogP contribution < -0.4 is 0 Å². The highest BCUT2D eigenvalue weighted by molar-refractivity contribution is 5.47. The summed E-state index contributed by atoms with van der Waals surface area (Å²) in [7, 11) is 0. The first-order chi connectivity index (χ1) is 8.18. The standard InChI is InChI=1S/C8H2F5N3O2/c9-7(10)6-3(2-14)4(8(11,12)13)1-5(15-6)16(17)18/h1,7H. The molecule has 0 aliphatic heterocycles. The van der Waals surface area contributed by atoms with E-state index in [4.69, 9.17) is 5.26 Å². The average molecular weight is 267 g/mol. The Balaban J connectivity index is 3.69. The van der Waals surface area contributed by atoms with Gasteiger partial charge in [-0.25, -0.2) is 8.78 Å². The zero-order chi connectivity index (χ0) is 14.1. The fourth-order valence-electron chi connectivity index (χ4n) is 1.14. The number of nitro groups is 1. The molecular formula is C8H2F5N3O2. The lowest BCUT2D eigenvalue weighted by Crippen LogP contribution is -2.13. The SMILES string of the molecule is N#Cc1c(C(F)(F)F)cc([N+](=O)[O-])nc1C(F)F. The largest absolute Gasteiger partial charge is 0.418 e. The molecule has 10 heteroatoms. The molecule has 0 amide bonds. The highest BCUT2D eigenvalue weighted by Crippen LogP contribution is 2.36. The zero-order valence-electron chi connectivity index (χ0n) is 8.20. The molecule has 0 radical (unpaired) electrons. The third-order valence-corrected chi connectivity index (χ3v) is 1.84. The Morgan fingerprint density at radius 3 is 2.33 bits per heavy atom. The Kier molecular flexibility index (Phi) is 3.45. The van der Waals surface area contributed by atoms with Gasteiger partial charge in [0.1, 0.15) is 11.6 Å². The maximum absolute atomic E-state index is 12.5. The molecular weight excluding hydrogens is 265 g/mol. The van der Waals surface area contributed by atoms with Crippen molar-refractivity contribution in [2.75, 3.05) is 0 Å². The molecule has 0 aromatic carbocycles. The van der Waals surface area contributed by atoms with Crippen molar-refractivity contribution >= 4 is 5.82 Å². The number of rotatable bonds is 2. The van der Waals surface area contributed by atoms with Crippen LogP contribution in [0.2, 0.25) is 0 Å². The van der Waals surface area contributed by atoms with E-state index in [1.807, 2.05) is 0 Å². The number of aromatic nitrogens is 1. The lowest BCUT2D eigenvalue weighted by molar-refractivity contribution is -0.390. The second-order valence-electron chi connectivity index (χ2n) is 2.96. The van der Waals surface area contributed by atoms with Crippen molar-refractivity contribution in [2.45, 2.75) is 12.6 Å². The number of nitrogens with zero attached hydrogens (tertiary/aromatic N) is 3. The summed E-state index contributed by atoms with van der Waals surface area (Å²) in [6.45, 7) is 0. The van der Waals surface area contributed by atoms with Crippen molar-refractivity contribution in [3.8, 4) is 6.07 Å². The minimum absolute atomic E-state index is 0.0512. The molecule has 96 valence electrons. The van der Waals surface area contributed by atoms with Gasteiger partial charge in [-0.05, 0) is 9.91 Å². The van der Waals surface area contributed by atoms with Crippen LogP contribution in [0.5, 0.6) is 0 Å². The molecule has 0 bridgehead atoms. The molecule has 0 N–H and O–H groups in total. The van der Waals surface area contributed by atoms with Crippen LogP contribution in [0.4, 0.5) is 27.8 Å². The Morgan fingerprint density at radius 2 is 2.00 bits per heavy atom. The predicted octanol–water partition coefficient (Wildman–Crippen LogP) is 2.82. The van der Waals surface area contributed by atoms with Crippen LogP contribution in [0.1, 0.15) is 23.2 Å². The number of alkyl halides is 5. The summed E-state index contributed by atoms with van der Waals surface area (Å²) in [5, 5.41) is 18.8. The molecule has 1 aromatic heterocycles. The van der Waals surface area contributed by atoms with Gasteiger partial charge in [0.05, 0.1) is 5.56 Å². The molecule has 0 atom stereocenters. The maximum atomic E-state index is 12.5. The Hall–Kier alpha value is -2.31. The van der Waals surface area contributed by atoms with E-state index in [-0.39, 0.29) is 6.07 Å². The van der Waals surface area contributed by atoms with Crippen molar-refractivity contribution in [1.29, 1.82) is 5.26 Å². The summed E-state index contributed by atoms with van der Waals surface area (Å²) in [5.41, 5.74) is -4.77. The Morgan fingerprint density at radius 1 is 1.44 bits per heavy atom. The monoisotopic (exact) mass is 267 g/mol. The van der Waals surface area contributed by atoms with Crippen molar-refractivity contribution in [2.24, 2.45) is 0 Å². The highest BCUT2D eigenvalue weighted by Gasteiger charge is 2.40. The van der Waals surface area contributed by atoms with Crippen LogP contribution in [-0.2, 0) is 6.18 Å². The molecule has 1 rings (SSSR count). The molecule has 18 heavy (non-hydrogen) atoms. The van der Waals surface area contributed by atoms with Crippen LogP contribution in [0.3, 0.4) is 0 Å². The van der Waals surface area contributed by atoms with Gasteiger partial charge in [-0.15, -0.1) is 0 Å². The van der Waals surface area contributed by atoms with Crippen molar-refractivity contribution < 1.29 is 26.9 Å². The number of hydrogen-bond acceptors (Lipinski definition) is 4. The van der Waals surface area contributed by atoms with Crippen molar-refractivity contribution in [1.82, 2.24) is 4.98 Å². The molecule has 0 unspecified atom stereocenters. The van der Waals surface area contributed by atoms with E-state index in [0.717, 1.165) is 6.07 Å². The van der Waals surface area contributed by atoms with E-state index in [2.05, 4.69) is 4.98 Å². The van der Waals surface area contributed by atoms with Crippen LogP contribution >= 0.6 is 0 Å². The van der Waals surface area contributed by atoms with E-state index >= 15 is 0 Å². The zero-order valence-corrected chi connectivity index (χ0v) is 8.20. The summed E-state index contributed by atoms with van der Waals surface area (Å²) < 4.78 is 62.3. The molecule has 0 aliphatic rings. The van der Waals surface area contributed by atoms with E-state index < -0.39 is 40.2 Å². The van der Waals surface area contributed by atoms with Gasteiger partial charge in [0.2, 0.25) is 5.69 Å². The first kappa shape index (κ1) is 13.8. The van der Waals surface area contributed by atoms with E-state index in [9.17, 15) is 32.1 Å². The maximum Gasteiger partial charge on any atom is 0.418 e. The molecule has 1 heterocycles. The van der Waals surface area contributed by atoms with E-state index in [0.29, 0.717) is 0 Å². The van der Waals surface area contributed by atoms with Crippen LogP contribution in [0, 0.1) is 21.4 Å². The van der Waals surface area contributed by atoms with E-state index in [1.165, 1.54) is 0 Å². The normalized spacial score (nSPS) is 11.4. The van der Waals surface area contributed by atoms with Gasteiger partial charge in [0.15, 0.2) is 0 Å². The summed E-state index contributed by atoms with van der Waals surface area (Å²) in [6, 6.07) is 0.882. The Labute approximate surface area is 95.6 Å². The highest BCUT2D eigenvalue weighted by atomic mass is 19.4. The van der Waals surface area contributed by atoms with Crippen LogP contribution in [0.25, 0.3) is 0 Å². The van der Waals surface area contributed by atoms with Gasteiger partial charge in [0.25, 0.3) is 0 Å². The Bertz CT molecular complexity index is 535. The minimum atomic E-state index is -5.16. The third-order valence-electron chi connectivity index (χ3n) is 1.84. The van der Waals surface area contributed by atoms with Crippen molar-refractivity contribution in [3.05, 3.63) is 33.0 Å². The summed E-state index contributed by atoms with van der Waals surface area (Å²) in [4.78, 5) is 11.7. The topological polar surface area (TPSA) is 79.8 Å².